The van der Waals surface area contributed by atoms with Gasteiger partial charge in [0.1, 0.15) is 0 Å². The molecule has 1 N–H and O–H groups in total. The van der Waals surface area contributed by atoms with Gasteiger partial charge < -0.3 is 9.64 Å². The molecule has 0 spiro atoms. The number of nitrogens with one attached hydrogen (secondary N) is 1. The Hall–Kier alpha value is -0.880. The Morgan fingerprint density at radius 2 is 2.50 bits per heavy atom. The molecular formula is C10H18N4OS. The fourth-order valence-electron chi connectivity index (χ4n) is 2.01. The average Bonchev–Trinajstić information content (AvgIpc) is 2.88. The van der Waals surface area contributed by atoms with E-state index in [1.807, 2.05) is 11.6 Å². The first-order valence-corrected chi connectivity index (χ1v) is 6.11. The second-order valence-corrected chi connectivity index (χ2v) is 4.45. The molecule has 1 atom stereocenters. The van der Waals surface area contributed by atoms with Gasteiger partial charge in [-0.2, -0.15) is 0 Å². The molecule has 1 aromatic rings. The first kappa shape index (κ1) is 11.6. The lowest BCUT2D eigenvalue weighted by atomic mass is 10.2. The number of likely N-dealkylation sites (N-methyl/N-ethyl adjacent to an activating group) is 1. The van der Waals surface area contributed by atoms with Gasteiger partial charge in [-0.3, -0.25) is 4.57 Å². The van der Waals surface area contributed by atoms with E-state index >= 15 is 0 Å². The molecule has 0 bridgehead atoms. The van der Waals surface area contributed by atoms with Crippen LogP contribution in [0.15, 0.2) is 0 Å². The van der Waals surface area contributed by atoms with Crippen molar-refractivity contribution in [2.75, 3.05) is 24.6 Å². The highest BCUT2D eigenvalue weighted by Gasteiger charge is 2.20. The van der Waals surface area contributed by atoms with E-state index < -0.39 is 0 Å². The SMILES string of the molecule is CCN(CC1CCCO1)c1n[nH]c(=S)n1C. The number of anilines is 1. The Balaban J connectivity index is 2.09. The topological polar surface area (TPSA) is 46.1 Å². The molecule has 1 aliphatic heterocycles. The quantitative estimate of drug-likeness (QED) is 0.812. The largest absolute Gasteiger partial charge is 0.376 e. The lowest BCUT2D eigenvalue weighted by Gasteiger charge is -2.24. The molecule has 1 aromatic heterocycles. The molecule has 0 aromatic carbocycles. The van der Waals surface area contributed by atoms with Crippen molar-refractivity contribution in [3.8, 4) is 0 Å². The third-order valence-corrected chi connectivity index (χ3v) is 3.33. The lowest BCUT2D eigenvalue weighted by Crippen LogP contribution is -2.33. The molecular weight excluding hydrogens is 224 g/mol. The zero-order valence-electron chi connectivity index (χ0n) is 9.77. The summed E-state index contributed by atoms with van der Waals surface area (Å²) in [5, 5.41) is 7.05. The summed E-state index contributed by atoms with van der Waals surface area (Å²) in [6, 6.07) is 0. The summed E-state index contributed by atoms with van der Waals surface area (Å²) in [6.45, 7) is 4.81. The van der Waals surface area contributed by atoms with Gasteiger partial charge in [0.25, 0.3) is 0 Å². The number of hydrogen-bond acceptors (Lipinski definition) is 4. The highest BCUT2D eigenvalue weighted by molar-refractivity contribution is 7.71. The maximum atomic E-state index is 5.64. The summed E-state index contributed by atoms with van der Waals surface area (Å²) in [5.41, 5.74) is 0. The zero-order valence-corrected chi connectivity index (χ0v) is 10.6. The van der Waals surface area contributed by atoms with Crippen molar-refractivity contribution in [1.29, 1.82) is 0 Å². The number of nitrogens with zero attached hydrogens (tertiary/aromatic N) is 3. The molecule has 16 heavy (non-hydrogen) atoms. The molecule has 1 unspecified atom stereocenters. The number of aromatic amines is 1. The van der Waals surface area contributed by atoms with Crippen molar-refractivity contribution in [3.63, 3.8) is 0 Å². The Kier molecular flexibility index (Phi) is 3.60. The monoisotopic (exact) mass is 242 g/mol. The van der Waals surface area contributed by atoms with E-state index in [2.05, 4.69) is 22.0 Å². The Bertz CT molecular complexity index is 394. The van der Waals surface area contributed by atoms with Crippen molar-refractivity contribution >= 4 is 18.2 Å². The summed E-state index contributed by atoms with van der Waals surface area (Å²) in [7, 11) is 1.93. The third kappa shape index (κ3) is 2.27. The molecule has 2 heterocycles. The van der Waals surface area contributed by atoms with Crippen LogP contribution in [0.1, 0.15) is 19.8 Å². The van der Waals surface area contributed by atoms with Crippen LogP contribution in [0.5, 0.6) is 0 Å². The van der Waals surface area contributed by atoms with Crippen LogP contribution in [0.4, 0.5) is 5.95 Å². The second-order valence-electron chi connectivity index (χ2n) is 4.06. The van der Waals surface area contributed by atoms with Crippen LogP contribution in [0.25, 0.3) is 0 Å². The minimum absolute atomic E-state index is 0.338. The standard InChI is InChI=1S/C10H18N4OS/c1-3-14(7-8-5-4-6-15-8)9-11-12-10(16)13(9)2/h8H,3-7H2,1-2H3,(H,12,16). The molecule has 0 saturated carbocycles. The van der Waals surface area contributed by atoms with Crippen LogP contribution in [0.3, 0.4) is 0 Å². The summed E-state index contributed by atoms with van der Waals surface area (Å²) in [5.74, 6) is 0.892. The van der Waals surface area contributed by atoms with E-state index in [1.54, 1.807) is 0 Å². The third-order valence-electron chi connectivity index (χ3n) is 2.97. The van der Waals surface area contributed by atoms with Crippen molar-refractivity contribution in [2.24, 2.45) is 7.05 Å². The minimum atomic E-state index is 0.338. The molecule has 1 saturated heterocycles. The molecule has 2 rings (SSSR count). The second kappa shape index (κ2) is 4.97. The maximum absolute atomic E-state index is 5.64. The molecule has 0 amide bonds. The van der Waals surface area contributed by atoms with Crippen molar-refractivity contribution in [1.82, 2.24) is 14.8 Å². The fraction of sp³-hybridized carbons (Fsp3) is 0.800. The van der Waals surface area contributed by atoms with Gasteiger partial charge in [-0.15, -0.1) is 5.10 Å². The smallest absolute Gasteiger partial charge is 0.225 e. The Morgan fingerprint density at radius 3 is 3.00 bits per heavy atom. The normalized spacial score (nSPS) is 20.2. The molecule has 1 aliphatic rings. The van der Waals surface area contributed by atoms with Crippen LogP contribution in [-0.2, 0) is 11.8 Å². The van der Waals surface area contributed by atoms with Gasteiger partial charge in [0.2, 0.25) is 5.95 Å². The van der Waals surface area contributed by atoms with E-state index in [0.29, 0.717) is 10.9 Å². The molecule has 6 heteroatoms. The van der Waals surface area contributed by atoms with Gasteiger partial charge in [-0.05, 0) is 32.0 Å². The van der Waals surface area contributed by atoms with E-state index in [9.17, 15) is 0 Å². The van der Waals surface area contributed by atoms with E-state index in [4.69, 9.17) is 17.0 Å². The van der Waals surface area contributed by atoms with Gasteiger partial charge in [0, 0.05) is 26.7 Å². The molecule has 5 nitrogen and oxygen atoms in total. The predicted molar refractivity (Wildman–Crippen MR) is 65.3 cm³/mol. The van der Waals surface area contributed by atoms with Gasteiger partial charge in [0.05, 0.1) is 6.10 Å². The molecule has 1 fully saturated rings. The van der Waals surface area contributed by atoms with Gasteiger partial charge in [0.15, 0.2) is 4.77 Å². The number of ether oxygens (including phenoxy) is 1. The van der Waals surface area contributed by atoms with Crippen molar-refractivity contribution in [2.45, 2.75) is 25.9 Å². The number of rotatable bonds is 4. The highest BCUT2D eigenvalue weighted by atomic mass is 32.1. The minimum Gasteiger partial charge on any atom is -0.376 e. The average molecular weight is 242 g/mol. The van der Waals surface area contributed by atoms with Crippen LogP contribution in [-0.4, -0.2) is 40.6 Å². The summed E-state index contributed by atoms with van der Waals surface area (Å²) < 4.78 is 8.19. The molecule has 0 radical (unpaired) electrons. The first-order chi connectivity index (χ1) is 7.72. The first-order valence-electron chi connectivity index (χ1n) is 5.70. The van der Waals surface area contributed by atoms with E-state index in [1.165, 1.54) is 6.42 Å². The van der Waals surface area contributed by atoms with Crippen LogP contribution in [0.2, 0.25) is 0 Å². The number of H-pyrrole nitrogens is 1. The summed E-state index contributed by atoms with van der Waals surface area (Å²) in [4.78, 5) is 2.20. The lowest BCUT2D eigenvalue weighted by molar-refractivity contribution is 0.115. The Labute approximate surface area is 100 Å². The van der Waals surface area contributed by atoms with Crippen molar-refractivity contribution < 1.29 is 4.74 Å². The summed E-state index contributed by atoms with van der Waals surface area (Å²) in [6.07, 6.45) is 2.65. The van der Waals surface area contributed by atoms with Gasteiger partial charge in [-0.1, -0.05) is 0 Å². The van der Waals surface area contributed by atoms with Gasteiger partial charge in [-0.25, -0.2) is 5.10 Å². The fourth-order valence-corrected chi connectivity index (χ4v) is 2.14. The predicted octanol–water partition coefficient (Wildman–Crippen LogP) is 1.48. The van der Waals surface area contributed by atoms with Crippen LogP contribution >= 0.6 is 12.2 Å². The molecule has 0 aliphatic carbocycles. The number of aromatic nitrogens is 3. The highest BCUT2D eigenvalue weighted by Crippen LogP contribution is 2.16. The van der Waals surface area contributed by atoms with Gasteiger partial charge >= 0.3 is 0 Å². The van der Waals surface area contributed by atoms with E-state index in [0.717, 1.165) is 32.1 Å². The van der Waals surface area contributed by atoms with Crippen molar-refractivity contribution in [3.05, 3.63) is 4.77 Å². The Morgan fingerprint density at radius 1 is 1.69 bits per heavy atom. The van der Waals surface area contributed by atoms with Crippen LogP contribution in [0, 0.1) is 4.77 Å². The summed E-state index contributed by atoms with van der Waals surface area (Å²) >= 11 is 5.11. The molecule has 90 valence electrons. The van der Waals surface area contributed by atoms with E-state index in [-0.39, 0.29) is 0 Å². The zero-order chi connectivity index (χ0) is 11.5. The number of hydrogen-bond donors (Lipinski definition) is 1. The van der Waals surface area contributed by atoms with Crippen LogP contribution < -0.4 is 4.90 Å². The maximum Gasteiger partial charge on any atom is 0.225 e.